The van der Waals surface area contributed by atoms with Crippen LogP contribution in [0.4, 0.5) is 5.82 Å². The summed E-state index contributed by atoms with van der Waals surface area (Å²) in [6, 6.07) is 14.9. The van der Waals surface area contributed by atoms with Crippen molar-refractivity contribution in [3.8, 4) is 0 Å². The monoisotopic (exact) mass is 263 g/mol. The van der Waals surface area contributed by atoms with Crippen LogP contribution in [0.15, 0.2) is 54.7 Å². The van der Waals surface area contributed by atoms with Gasteiger partial charge < -0.3 is 5.73 Å². The summed E-state index contributed by atoms with van der Waals surface area (Å²) >= 11 is 0. The number of pyridine rings is 2. The first-order chi connectivity index (χ1) is 9.72. The lowest BCUT2D eigenvalue weighted by Gasteiger charge is -2.03. The van der Waals surface area contributed by atoms with Crippen molar-refractivity contribution in [3.63, 3.8) is 0 Å². The molecule has 4 nitrogen and oxygen atoms in total. The van der Waals surface area contributed by atoms with Gasteiger partial charge in [0.25, 0.3) is 0 Å². The number of Topliss-reactive ketones (excluding diaryl/α,β-unsaturated/α-hetero) is 1. The van der Waals surface area contributed by atoms with E-state index >= 15 is 0 Å². The number of fused-ring (bicyclic) bond motifs is 1. The molecule has 0 unspecified atom stereocenters. The zero-order valence-electron chi connectivity index (χ0n) is 10.8. The van der Waals surface area contributed by atoms with Crippen LogP contribution in [0.2, 0.25) is 0 Å². The Hall–Kier alpha value is -2.75. The lowest BCUT2D eigenvalue weighted by molar-refractivity contribution is 0.0988. The average Bonchev–Trinajstić information content (AvgIpc) is 2.47. The number of para-hydroxylation sites is 1. The number of nitrogen functional groups attached to an aromatic ring is 1. The van der Waals surface area contributed by atoms with Gasteiger partial charge in [0.2, 0.25) is 0 Å². The number of anilines is 1. The number of rotatable bonds is 3. The van der Waals surface area contributed by atoms with Gasteiger partial charge in [0.15, 0.2) is 5.78 Å². The molecule has 3 rings (SSSR count). The quantitative estimate of drug-likeness (QED) is 0.737. The Morgan fingerprint density at radius 2 is 1.95 bits per heavy atom. The van der Waals surface area contributed by atoms with Gasteiger partial charge in [-0.3, -0.25) is 4.79 Å². The summed E-state index contributed by atoms with van der Waals surface area (Å²) in [5.74, 6) is 0.392. The molecule has 3 aromatic rings. The standard InChI is InChI=1S/C16H13N3O/c17-16-10-11(7-8-18-16)9-15(20)14-6-5-12-3-1-2-4-13(12)19-14/h1-8,10H,9H2,(H2,17,18). The largest absolute Gasteiger partial charge is 0.384 e. The summed E-state index contributed by atoms with van der Waals surface area (Å²) in [4.78, 5) is 20.6. The van der Waals surface area contributed by atoms with Crippen LogP contribution in [0.3, 0.4) is 0 Å². The van der Waals surface area contributed by atoms with E-state index in [-0.39, 0.29) is 12.2 Å². The van der Waals surface area contributed by atoms with Crippen LogP contribution in [-0.2, 0) is 6.42 Å². The Morgan fingerprint density at radius 3 is 2.80 bits per heavy atom. The first-order valence-corrected chi connectivity index (χ1v) is 6.32. The lowest BCUT2D eigenvalue weighted by atomic mass is 10.1. The van der Waals surface area contributed by atoms with Crippen LogP contribution in [-0.4, -0.2) is 15.8 Å². The van der Waals surface area contributed by atoms with E-state index in [0.29, 0.717) is 11.5 Å². The number of nitrogens with two attached hydrogens (primary N) is 1. The first-order valence-electron chi connectivity index (χ1n) is 6.32. The molecule has 0 amide bonds. The van der Waals surface area contributed by atoms with Gasteiger partial charge in [-0.1, -0.05) is 24.3 Å². The Kier molecular flexibility index (Phi) is 3.13. The van der Waals surface area contributed by atoms with Gasteiger partial charge >= 0.3 is 0 Å². The highest BCUT2D eigenvalue weighted by atomic mass is 16.1. The molecular weight excluding hydrogens is 250 g/mol. The minimum atomic E-state index is -0.0265. The second-order valence-corrected chi connectivity index (χ2v) is 4.58. The maximum Gasteiger partial charge on any atom is 0.185 e. The van der Waals surface area contributed by atoms with Gasteiger partial charge in [0, 0.05) is 18.0 Å². The van der Waals surface area contributed by atoms with Gasteiger partial charge in [0.1, 0.15) is 11.5 Å². The van der Waals surface area contributed by atoms with Crippen LogP contribution in [0.1, 0.15) is 16.1 Å². The van der Waals surface area contributed by atoms with Crippen LogP contribution in [0, 0.1) is 0 Å². The molecule has 0 aliphatic rings. The molecular formula is C16H13N3O. The second kappa shape index (κ2) is 5.09. The molecule has 4 heteroatoms. The van der Waals surface area contributed by atoms with Crippen molar-refractivity contribution < 1.29 is 4.79 Å². The fourth-order valence-corrected chi connectivity index (χ4v) is 2.10. The SMILES string of the molecule is Nc1cc(CC(=O)c2ccc3ccccc3n2)ccn1. The number of aromatic nitrogens is 2. The highest BCUT2D eigenvalue weighted by molar-refractivity contribution is 5.97. The summed E-state index contributed by atoms with van der Waals surface area (Å²) < 4.78 is 0. The van der Waals surface area contributed by atoms with E-state index in [2.05, 4.69) is 9.97 Å². The van der Waals surface area contributed by atoms with Crippen molar-refractivity contribution in [1.29, 1.82) is 0 Å². The van der Waals surface area contributed by atoms with Crippen molar-refractivity contribution in [3.05, 3.63) is 66.0 Å². The van der Waals surface area contributed by atoms with E-state index in [9.17, 15) is 4.79 Å². The number of carbonyl (C=O) groups excluding carboxylic acids is 1. The highest BCUT2D eigenvalue weighted by Gasteiger charge is 2.09. The molecule has 0 aliphatic heterocycles. The van der Waals surface area contributed by atoms with E-state index in [4.69, 9.17) is 5.73 Å². The molecule has 0 atom stereocenters. The zero-order chi connectivity index (χ0) is 13.9. The summed E-state index contributed by atoms with van der Waals surface area (Å²) in [5.41, 5.74) is 7.75. The Bertz CT molecular complexity index is 783. The third-order valence-corrected chi connectivity index (χ3v) is 3.09. The minimum absolute atomic E-state index is 0.0265. The number of benzene rings is 1. The van der Waals surface area contributed by atoms with E-state index in [0.717, 1.165) is 16.5 Å². The maximum atomic E-state index is 12.2. The summed E-state index contributed by atoms with van der Waals surface area (Å²) in [6.45, 7) is 0. The van der Waals surface area contributed by atoms with Crippen molar-refractivity contribution in [2.24, 2.45) is 0 Å². The third kappa shape index (κ3) is 2.49. The van der Waals surface area contributed by atoms with Crippen LogP contribution in [0.5, 0.6) is 0 Å². The number of carbonyl (C=O) groups is 1. The number of hydrogen-bond acceptors (Lipinski definition) is 4. The van der Waals surface area contributed by atoms with Crippen molar-refractivity contribution in [1.82, 2.24) is 9.97 Å². The molecule has 0 fully saturated rings. The number of hydrogen-bond donors (Lipinski definition) is 1. The Morgan fingerprint density at radius 1 is 1.10 bits per heavy atom. The zero-order valence-corrected chi connectivity index (χ0v) is 10.8. The number of nitrogens with zero attached hydrogens (tertiary/aromatic N) is 2. The van der Waals surface area contributed by atoms with Crippen molar-refractivity contribution >= 4 is 22.5 Å². The van der Waals surface area contributed by atoms with Gasteiger partial charge in [-0.15, -0.1) is 0 Å². The third-order valence-electron chi connectivity index (χ3n) is 3.09. The minimum Gasteiger partial charge on any atom is -0.384 e. The van der Waals surface area contributed by atoms with Gasteiger partial charge in [-0.25, -0.2) is 9.97 Å². The molecule has 2 N–H and O–H groups in total. The van der Waals surface area contributed by atoms with Crippen LogP contribution >= 0.6 is 0 Å². The van der Waals surface area contributed by atoms with Crippen molar-refractivity contribution in [2.75, 3.05) is 5.73 Å². The highest BCUT2D eigenvalue weighted by Crippen LogP contribution is 2.14. The molecule has 0 aliphatic carbocycles. The molecule has 20 heavy (non-hydrogen) atoms. The summed E-state index contributed by atoms with van der Waals surface area (Å²) in [5, 5.41) is 1.03. The van der Waals surface area contributed by atoms with Crippen molar-refractivity contribution in [2.45, 2.75) is 6.42 Å². The molecule has 0 saturated heterocycles. The normalized spacial score (nSPS) is 10.6. The maximum absolute atomic E-state index is 12.2. The fourth-order valence-electron chi connectivity index (χ4n) is 2.10. The van der Waals surface area contributed by atoms with Gasteiger partial charge in [0.05, 0.1) is 5.52 Å². The number of ketones is 1. The molecule has 2 heterocycles. The molecule has 2 aromatic heterocycles. The fraction of sp³-hybridized carbons (Fsp3) is 0.0625. The van der Waals surface area contributed by atoms with Crippen LogP contribution in [0.25, 0.3) is 10.9 Å². The molecule has 1 aromatic carbocycles. The molecule has 98 valence electrons. The summed E-state index contributed by atoms with van der Waals surface area (Å²) in [7, 11) is 0. The molecule has 0 spiro atoms. The van der Waals surface area contributed by atoms with E-state index in [1.165, 1.54) is 0 Å². The Balaban J connectivity index is 1.88. The molecule has 0 bridgehead atoms. The second-order valence-electron chi connectivity index (χ2n) is 4.58. The van der Waals surface area contributed by atoms with Gasteiger partial charge in [-0.05, 0) is 29.8 Å². The predicted octanol–water partition coefficient (Wildman–Crippen LogP) is 2.64. The summed E-state index contributed by atoms with van der Waals surface area (Å²) in [6.07, 6.45) is 1.88. The Labute approximate surface area is 116 Å². The molecule has 0 saturated carbocycles. The van der Waals surface area contributed by atoms with E-state index in [1.54, 1.807) is 24.4 Å². The van der Waals surface area contributed by atoms with E-state index in [1.807, 2.05) is 30.3 Å². The molecule has 0 radical (unpaired) electrons. The first kappa shape index (κ1) is 12.3. The lowest BCUT2D eigenvalue weighted by Crippen LogP contribution is -2.06. The topological polar surface area (TPSA) is 68.9 Å². The smallest absolute Gasteiger partial charge is 0.185 e. The van der Waals surface area contributed by atoms with Gasteiger partial charge in [-0.2, -0.15) is 0 Å². The van der Waals surface area contributed by atoms with Crippen LogP contribution < -0.4 is 5.73 Å². The average molecular weight is 263 g/mol. The predicted molar refractivity (Wildman–Crippen MR) is 78.4 cm³/mol. The van der Waals surface area contributed by atoms with E-state index < -0.39 is 0 Å².